The number of carboxylic acids is 1. The van der Waals surface area contributed by atoms with Crippen molar-refractivity contribution in [1.82, 2.24) is 21.3 Å². The lowest BCUT2D eigenvalue weighted by molar-refractivity contribution is -0.137. The van der Waals surface area contributed by atoms with E-state index in [-0.39, 0.29) is 25.9 Å². The Morgan fingerprint density at radius 2 is 1.16 bits per heavy atom. The van der Waals surface area contributed by atoms with Crippen molar-refractivity contribution in [3.05, 3.63) is 0 Å². The number of carbonyl (C=O) groups excluding carboxylic acids is 4. The lowest BCUT2D eigenvalue weighted by Gasteiger charge is -2.22. The Labute approximate surface area is 188 Å². The van der Waals surface area contributed by atoms with Crippen LogP contribution in [0.4, 0.5) is 9.59 Å². The van der Waals surface area contributed by atoms with Gasteiger partial charge in [-0.25, -0.2) is 9.59 Å². The second kappa shape index (κ2) is 13.4. The van der Waals surface area contributed by atoms with Crippen molar-refractivity contribution in [2.24, 2.45) is 5.92 Å². The van der Waals surface area contributed by atoms with Crippen LogP contribution in [0.15, 0.2) is 0 Å². The van der Waals surface area contributed by atoms with Crippen LogP contribution in [0.1, 0.15) is 54.4 Å². The molecule has 12 nitrogen and oxygen atoms in total. The van der Waals surface area contributed by atoms with Crippen LogP contribution in [0.25, 0.3) is 0 Å². The third-order valence-electron chi connectivity index (χ3n) is 3.55. The Bertz CT molecular complexity index is 633. The molecule has 0 unspecified atom stereocenters. The Kier molecular flexibility index (Phi) is 12.1. The molecule has 184 valence electrons. The predicted molar refractivity (Wildman–Crippen MR) is 115 cm³/mol. The van der Waals surface area contributed by atoms with Crippen molar-refractivity contribution < 1.29 is 38.6 Å². The standard InChI is InChI=1S/C20H36N4O8/c1-19(2,3)31-17(29)21-9-7-13(8-10-22-18(30)32-20(4,5)6)16(28)24-11-14(25)23-12-15(26)27/h13H,7-12H2,1-6H3,(H,21,29)(H,22,30)(H,23,25)(H,24,28)(H,26,27). The highest BCUT2D eigenvalue weighted by Gasteiger charge is 2.22. The van der Waals surface area contributed by atoms with Crippen molar-refractivity contribution >= 4 is 30.0 Å². The number of carbonyl (C=O) groups is 5. The molecule has 0 atom stereocenters. The van der Waals surface area contributed by atoms with E-state index in [0.717, 1.165) is 0 Å². The van der Waals surface area contributed by atoms with Gasteiger partial charge in [-0.2, -0.15) is 0 Å². The first-order chi connectivity index (χ1) is 14.6. The van der Waals surface area contributed by atoms with Gasteiger partial charge in [-0.05, 0) is 54.4 Å². The highest BCUT2D eigenvalue weighted by molar-refractivity contribution is 5.87. The monoisotopic (exact) mass is 460 g/mol. The number of hydrogen-bond acceptors (Lipinski definition) is 7. The van der Waals surface area contributed by atoms with E-state index in [2.05, 4.69) is 21.3 Å². The van der Waals surface area contributed by atoms with Crippen LogP contribution in [0, 0.1) is 5.92 Å². The van der Waals surface area contributed by atoms with Crippen LogP contribution in [0.5, 0.6) is 0 Å². The van der Waals surface area contributed by atoms with Crippen LogP contribution in [0.3, 0.4) is 0 Å². The van der Waals surface area contributed by atoms with Gasteiger partial charge in [0.05, 0.1) is 6.54 Å². The summed E-state index contributed by atoms with van der Waals surface area (Å²) in [6, 6.07) is 0. The SMILES string of the molecule is CC(C)(C)OC(=O)NCCC(CCNC(=O)OC(C)(C)C)C(=O)NCC(=O)NCC(=O)O. The third-order valence-corrected chi connectivity index (χ3v) is 3.55. The zero-order valence-electron chi connectivity index (χ0n) is 19.6. The summed E-state index contributed by atoms with van der Waals surface area (Å²) in [7, 11) is 0. The number of alkyl carbamates (subject to hydrolysis) is 2. The molecule has 0 spiro atoms. The maximum atomic E-state index is 12.5. The smallest absolute Gasteiger partial charge is 0.407 e. The summed E-state index contributed by atoms with van der Waals surface area (Å²) in [4.78, 5) is 58.1. The first-order valence-electron chi connectivity index (χ1n) is 10.3. The molecule has 0 aromatic rings. The van der Waals surface area contributed by atoms with Crippen LogP contribution in [-0.4, -0.2) is 72.5 Å². The Balaban J connectivity index is 4.74. The number of amides is 4. The maximum absolute atomic E-state index is 12.5. The molecule has 0 radical (unpaired) electrons. The van der Waals surface area contributed by atoms with Crippen LogP contribution in [-0.2, 0) is 23.9 Å². The normalized spacial score (nSPS) is 11.3. The number of hydrogen-bond donors (Lipinski definition) is 5. The van der Waals surface area contributed by atoms with E-state index in [9.17, 15) is 24.0 Å². The van der Waals surface area contributed by atoms with Gasteiger partial charge in [0.2, 0.25) is 11.8 Å². The summed E-state index contributed by atoms with van der Waals surface area (Å²) in [5.74, 6) is -2.98. The highest BCUT2D eigenvalue weighted by Crippen LogP contribution is 2.10. The van der Waals surface area contributed by atoms with Crippen molar-refractivity contribution in [1.29, 1.82) is 0 Å². The van der Waals surface area contributed by atoms with Gasteiger partial charge < -0.3 is 35.8 Å². The van der Waals surface area contributed by atoms with Gasteiger partial charge in [0.25, 0.3) is 0 Å². The average molecular weight is 461 g/mol. The molecule has 0 saturated heterocycles. The van der Waals surface area contributed by atoms with Crippen molar-refractivity contribution in [3.8, 4) is 0 Å². The molecule has 12 heteroatoms. The highest BCUT2D eigenvalue weighted by atomic mass is 16.6. The molecule has 0 aromatic heterocycles. The molecule has 0 aliphatic heterocycles. The van der Waals surface area contributed by atoms with E-state index in [1.807, 2.05) is 0 Å². The van der Waals surface area contributed by atoms with Gasteiger partial charge in [-0.1, -0.05) is 0 Å². The van der Waals surface area contributed by atoms with Crippen LogP contribution >= 0.6 is 0 Å². The summed E-state index contributed by atoms with van der Waals surface area (Å²) >= 11 is 0. The van der Waals surface area contributed by atoms with E-state index in [1.54, 1.807) is 41.5 Å². The number of aliphatic carboxylic acids is 1. The molecule has 0 aliphatic carbocycles. The summed E-state index contributed by atoms with van der Waals surface area (Å²) in [6.45, 7) is 9.64. The van der Waals surface area contributed by atoms with Crippen molar-refractivity contribution in [3.63, 3.8) is 0 Å². The fraction of sp³-hybridized carbons (Fsp3) is 0.750. The second-order valence-corrected chi connectivity index (χ2v) is 9.02. The minimum Gasteiger partial charge on any atom is -0.480 e. The fourth-order valence-electron chi connectivity index (χ4n) is 2.28. The van der Waals surface area contributed by atoms with Gasteiger partial charge in [-0.3, -0.25) is 14.4 Å². The summed E-state index contributed by atoms with van der Waals surface area (Å²) in [5, 5.41) is 18.2. The number of carboxylic acid groups (broad SMARTS) is 1. The first-order valence-corrected chi connectivity index (χ1v) is 10.3. The Morgan fingerprint density at radius 3 is 1.53 bits per heavy atom. The Hall–Kier alpha value is -3.05. The molecule has 0 aromatic carbocycles. The quantitative estimate of drug-likeness (QED) is 0.300. The molecule has 4 amide bonds. The van der Waals surface area contributed by atoms with Crippen LogP contribution in [0.2, 0.25) is 0 Å². The van der Waals surface area contributed by atoms with Crippen molar-refractivity contribution in [2.45, 2.75) is 65.6 Å². The van der Waals surface area contributed by atoms with E-state index < -0.39 is 60.2 Å². The molecule has 0 rings (SSSR count). The predicted octanol–water partition coefficient (Wildman–Crippen LogP) is 0.749. The summed E-state index contributed by atoms with van der Waals surface area (Å²) < 4.78 is 10.3. The van der Waals surface area contributed by atoms with Gasteiger partial charge in [0.15, 0.2) is 0 Å². The zero-order valence-corrected chi connectivity index (χ0v) is 19.6. The van der Waals surface area contributed by atoms with E-state index in [0.29, 0.717) is 0 Å². The lowest BCUT2D eigenvalue weighted by atomic mass is 10.00. The molecular weight excluding hydrogens is 424 g/mol. The third kappa shape index (κ3) is 16.7. The summed E-state index contributed by atoms with van der Waals surface area (Å²) in [6.07, 6.45) is -0.816. The van der Waals surface area contributed by atoms with E-state index in [4.69, 9.17) is 14.6 Å². The minimum atomic E-state index is -1.20. The fourth-order valence-corrected chi connectivity index (χ4v) is 2.28. The maximum Gasteiger partial charge on any atom is 0.407 e. The largest absolute Gasteiger partial charge is 0.480 e. The van der Waals surface area contributed by atoms with Gasteiger partial charge >= 0.3 is 18.2 Å². The average Bonchev–Trinajstić information content (AvgIpc) is 2.60. The number of ether oxygens (including phenoxy) is 2. The van der Waals surface area contributed by atoms with E-state index in [1.165, 1.54) is 0 Å². The molecule has 5 N–H and O–H groups in total. The molecule has 0 aliphatic rings. The molecule has 0 bridgehead atoms. The molecule has 0 fully saturated rings. The van der Waals surface area contributed by atoms with Gasteiger partial charge in [0, 0.05) is 19.0 Å². The molecule has 0 heterocycles. The van der Waals surface area contributed by atoms with Gasteiger partial charge in [0.1, 0.15) is 17.7 Å². The molecule has 0 saturated carbocycles. The first kappa shape index (κ1) is 28.9. The topological polar surface area (TPSA) is 172 Å². The zero-order chi connectivity index (χ0) is 24.9. The number of rotatable bonds is 11. The minimum absolute atomic E-state index is 0.130. The van der Waals surface area contributed by atoms with Gasteiger partial charge in [-0.15, -0.1) is 0 Å². The lowest BCUT2D eigenvalue weighted by Crippen LogP contribution is -2.42. The van der Waals surface area contributed by atoms with E-state index >= 15 is 0 Å². The molecule has 32 heavy (non-hydrogen) atoms. The number of nitrogens with one attached hydrogen (secondary N) is 4. The Morgan fingerprint density at radius 1 is 0.719 bits per heavy atom. The molecular formula is C20H36N4O8. The summed E-state index contributed by atoms with van der Waals surface area (Å²) in [5.41, 5.74) is -1.33. The van der Waals surface area contributed by atoms with Crippen LogP contribution < -0.4 is 21.3 Å². The van der Waals surface area contributed by atoms with Crippen molar-refractivity contribution in [2.75, 3.05) is 26.2 Å². The second-order valence-electron chi connectivity index (χ2n) is 9.02.